The number of ether oxygens (including phenoxy) is 1. The van der Waals surface area contributed by atoms with E-state index >= 15 is 0 Å². The van der Waals surface area contributed by atoms with Gasteiger partial charge in [-0.05, 0) is 27.2 Å². The van der Waals surface area contributed by atoms with Crippen molar-refractivity contribution in [1.82, 2.24) is 9.80 Å². The van der Waals surface area contributed by atoms with E-state index in [-0.39, 0.29) is 25.7 Å². The van der Waals surface area contributed by atoms with Crippen LogP contribution in [0.25, 0.3) is 0 Å². The quantitative estimate of drug-likeness (QED) is 0.760. The zero-order chi connectivity index (χ0) is 16.2. The first-order valence-electron chi connectivity index (χ1n) is 6.74. The molecule has 0 unspecified atom stereocenters. The lowest BCUT2D eigenvalue weighted by atomic mass is 10.2. The minimum absolute atomic E-state index is 0.273. The molecule has 1 aliphatic rings. The highest BCUT2D eigenvalue weighted by molar-refractivity contribution is 5.73. The maximum Gasteiger partial charge on any atom is 0.410 e. The zero-order valence-corrected chi connectivity index (χ0v) is 12.5. The molecule has 1 rings (SSSR count). The molecule has 1 amide bonds. The second kappa shape index (κ2) is 6.75. The summed E-state index contributed by atoms with van der Waals surface area (Å²) < 4.78 is 5.25. The lowest BCUT2D eigenvalue weighted by molar-refractivity contribution is -0.142. The van der Waals surface area contributed by atoms with Crippen molar-refractivity contribution in [2.45, 2.75) is 38.8 Å². The summed E-state index contributed by atoms with van der Waals surface area (Å²) in [5.74, 6) is -2.18. The molecule has 0 aromatic heterocycles. The van der Waals surface area contributed by atoms with Crippen molar-refractivity contribution in [2.24, 2.45) is 0 Å². The number of carboxylic acid groups (broad SMARTS) is 2. The normalized spacial score (nSPS) is 18.9. The van der Waals surface area contributed by atoms with E-state index in [0.29, 0.717) is 13.0 Å². The molecule has 1 heterocycles. The second-order valence-electron chi connectivity index (χ2n) is 6.06. The fourth-order valence-electron chi connectivity index (χ4n) is 2.19. The third-order valence-electron chi connectivity index (χ3n) is 3.01. The Hall–Kier alpha value is -1.83. The van der Waals surface area contributed by atoms with Crippen molar-refractivity contribution in [3.8, 4) is 0 Å². The van der Waals surface area contributed by atoms with Gasteiger partial charge < -0.3 is 19.8 Å². The molecule has 0 saturated carbocycles. The lowest BCUT2D eigenvalue weighted by Gasteiger charge is -2.27. The van der Waals surface area contributed by atoms with Crippen molar-refractivity contribution < 1.29 is 29.3 Å². The van der Waals surface area contributed by atoms with Crippen LogP contribution in [0.2, 0.25) is 0 Å². The van der Waals surface area contributed by atoms with E-state index in [4.69, 9.17) is 14.9 Å². The number of carbonyl (C=O) groups excluding carboxylic acids is 1. The van der Waals surface area contributed by atoms with Gasteiger partial charge in [0, 0.05) is 19.1 Å². The van der Waals surface area contributed by atoms with Crippen molar-refractivity contribution in [2.75, 3.05) is 26.2 Å². The number of rotatable bonds is 5. The SMILES string of the molecule is CC(C)(C)OC(=O)N1CC[C@H](N(CC(=O)O)CC(=O)O)C1. The Bertz CT molecular complexity index is 401. The predicted octanol–water partition coefficient (Wildman–Crippen LogP) is 0.467. The van der Waals surface area contributed by atoms with Gasteiger partial charge in [-0.2, -0.15) is 0 Å². The Morgan fingerprint density at radius 2 is 1.71 bits per heavy atom. The maximum absolute atomic E-state index is 11.9. The number of amides is 1. The lowest BCUT2D eigenvalue weighted by Crippen LogP contribution is -2.44. The smallest absolute Gasteiger partial charge is 0.410 e. The van der Waals surface area contributed by atoms with Crippen LogP contribution in [-0.4, -0.2) is 75.9 Å². The number of nitrogens with zero attached hydrogens (tertiary/aromatic N) is 2. The molecule has 1 atom stereocenters. The summed E-state index contributed by atoms with van der Waals surface area (Å²) in [6, 6.07) is -0.287. The third kappa shape index (κ3) is 5.99. The molecule has 1 saturated heterocycles. The number of carbonyl (C=O) groups is 3. The fourth-order valence-corrected chi connectivity index (χ4v) is 2.19. The third-order valence-corrected chi connectivity index (χ3v) is 3.01. The highest BCUT2D eigenvalue weighted by Crippen LogP contribution is 2.18. The minimum atomic E-state index is -1.09. The van der Waals surface area contributed by atoms with Gasteiger partial charge in [0.15, 0.2) is 0 Å². The Morgan fingerprint density at radius 3 is 2.14 bits per heavy atom. The first-order valence-corrected chi connectivity index (χ1v) is 6.74. The molecule has 1 fully saturated rings. The van der Waals surface area contributed by atoms with E-state index < -0.39 is 23.6 Å². The molecular formula is C13H22N2O6. The van der Waals surface area contributed by atoms with Crippen molar-refractivity contribution in [3.63, 3.8) is 0 Å². The van der Waals surface area contributed by atoms with Gasteiger partial charge in [-0.15, -0.1) is 0 Å². The molecule has 0 aromatic rings. The van der Waals surface area contributed by atoms with Gasteiger partial charge in [0.2, 0.25) is 0 Å². The van der Waals surface area contributed by atoms with E-state index in [2.05, 4.69) is 0 Å². The van der Waals surface area contributed by atoms with Gasteiger partial charge in [0.05, 0.1) is 13.1 Å². The predicted molar refractivity (Wildman–Crippen MR) is 73.1 cm³/mol. The average Bonchev–Trinajstić information content (AvgIpc) is 2.73. The van der Waals surface area contributed by atoms with Gasteiger partial charge in [-0.25, -0.2) is 4.79 Å². The first kappa shape index (κ1) is 17.2. The van der Waals surface area contributed by atoms with Crippen molar-refractivity contribution >= 4 is 18.0 Å². The van der Waals surface area contributed by atoms with E-state index in [9.17, 15) is 14.4 Å². The van der Waals surface area contributed by atoms with E-state index in [1.807, 2.05) is 0 Å². The topological polar surface area (TPSA) is 107 Å². The van der Waals surface area contributed by atoms with Crippen LogP contribution < -0.4 is 0 Å². The van der Waals surface area contributed by atoms with Crippen LogP contribution in [0.3, 0.4) is 0 Å². The Balaban J connectivity index is 2.63. The summed E-state index contributed by atoms with van der Waals surface area (Å²) in [4.78, 5) is 36.4. The van der Waals surface area contributed by atoms with Crippen molar-refractivity contribution in [1.29, 1.82) is 0 Å². The largest absolute Gasteiger partial charge is 0.480 e. The summed E-state index contributed by atoms with van der Waals surface area (Å²) in [6.45, 7) is 5.27. The highest BCUT2D eigenvalue weighted by atomic mass is 16.6. The molecule has 21 heavy (non-hydrogen) atoms. The summed E-state index contributed by atoms with van der Waals surface area (Å²) in [5, 5.41) is 17.7. The molecular weight excluding hydrogens is 280 g/mol. The summed E-state index contributed by atoms with van der Waals surface area (Å²) in [5.41, 5.74) is -0.600. The van der Waals surface area contributed by atoms with Crippen LogP contribution in [-0.2, 0) is 14.3 Å². The molecule has 8 nitrogen and oxygen atoms in total. The monoisotopic (exact) mass is 302 g/mol. The Morgan fingerprint density at radius 1 is 1.19 bits per heavy atom. The van der Waals surface area contributed by atoms with E-state index in [1.54, 1.807) is 20.8 Å². The Kier molecular flexibility index (Phi) is 5.54. The van der Waals surface area contributed by atoms with Crippen LogP contribution in [0.4, 0.5) is 4.79 Å². The molecule has 0 aliphatic carbocycles. The van der Waals surface area contributed by atoms with Gasteiger partial charge in [0.1, 0.15) is 5.60 Å². The first-order chi connectivity index (χ1) is 9.58. The van der Waals surface area contributed by atoms with Gasteiger partial charge in [-0.1, -0.05) is 0 Å². The van der Waals surface area contributed by atoms with Crippen LogP contribution in [0.5, 0.6) is 0 Å². The fraction of sp³-hybridized carbons (Fsp3) is 0.769. The highest BCUT2D eigenvalue weighted by Gasteiger charge is 2.34. The van der Waals surface area contributed by atoms with Crippen LogP contribution in [0, 0.1) is 0 Å². The van der Waals surface area contributed by atoms with Crippen LogP contribution in [0.15, 0.2) is 0 Å². The molecule has 2 N–H and O–H groups in total. The van der Waals surface area contributed by atoms with Crippen LogP contribution >= 0.6 is 0 Å². The average molecular weight is 302 g/mol. The Labute approximate surface area is 123 Å². The summed E-state index contributed by atoms with van der Waals surface area (Å²) >= 11 is 0. The van der Waals surface area contributed by atoms with Gasteiger partial charge in [-0.3, -0.25) is 14.5 Å². The number of hydrogen-bond donors (Lipinski definition) is 2. The number of likely N-dealkylation sites (tertiary alicyclic amines) is 1. The van der Waals surface area contributed by atoms with Crippen LogP contribution in [0.1, 0.15) is 27.2 Å². The van der Waals surface area contributed by atoms with Gasteiger partial charge in [0.25, 0.3) is 0 Å². The van der Waals surface area contributed by atoms with E-state index in [1.165, 1.54) is 9.80 Å². The van der Waals surface area contributed by atoms with Gasteiger partial charge >= 0.3 is 18.0 Å². The number of carboxylic acids is 2. The van der Waals surface area contributed by atoms with Crippen molar-refractivity contribution in [3.05, 3.63) is 0 Å². The minimum Gasteiger partial charge on any atom is -0.480 e. The molecule has 0 radical (unpaired) electrons. The summed E-state index contributed by atoms with van der Waals surface area (Å²) in [7, 11) is 0. The van der Waals surface area contributed by atoms with E-state index in [0.717, 1.165) is 0 Å². The molecule has 8 heteroatoms. The molecule has 0 aromatic carbocycles. The maximum atomic E-state index is 11.9. The molecule has 0 bridgehead atoms. The number of aliphatic carboxylic acids is 2. The molecule has 120 valence electrons. The zero-order valence-electron chi connectivity index (χ0n) is 12.5. The molecule has 1 aliphatic heterocycles. The molecule has 0 spiro atoms. The standard InChI is InChI=1S/C13H22N2O6/c1-13(2,3)21-12(20)14-5-4-9(6-14)15(7-10(16)17)8-11(18)19/h9H,4-8H2,1-3H3,(H,16,17)(H,18,19)/t9-/m0/s1. The second-order valence-corrected chi connectivity index (χ2v) is 6.06. The summed E-state index contributed by atoms with van der Waals surface area (Å²) in [6.07, 6.45) is 0.0652. The number of hydrogen-bond acceptors (Lipinski definition) is 5.